The topological polar surface area (TPSA) is 75.4 Å². The first-order chi connectivity index (χ1) is 9.76. The Morgan fingerprint density at radius 1 is 1.33 bits per heavy atom. The van der Waals surface area contributed by atoms with Crippen LogP contribution in [0, 0.1) is 0 Å². The molecule has 0 saturated heterocycles. The van der Waals surface area contributed by atoms with E-state index in [1.54, 1.807) is 6.92 Å². The Morgan fingerprint density at radius 2 is 1.95 bits per heavy atom. The van der Waals surface area contributed by atoms with Gasteiger partial charge in [-0.3, -0.25) is 9.59 Å². The molecule has 0 heterocycles. The zero-order chi connectivity index (χ0) is 16.2. The lowest BCUT2D eigenvalue weighted by molar-refractivity contribution is -0.122. The summed E-state index contributed by atoms with van der Waals surface area (Å²) in [5.41, 5.74) is 6.24. The first-order valence-electron chi connectivity index (χ1n) is 6.59. The summed E-state index contributed by atoms with van der Waals surface area (Å²) in [6.45, 7) is 5.88. The highest BCUT2D eigenvalue weighted by molar-refractivity contribution is 6.43. The molecule has 0 aromatic heterocycles. The first kappa shape index (κ1) is 17.6. The lowest BCUT2D eigenvalue weighted by atomic mass is 10.1. The molecular weight excluding hydrogens is 313 g/mol. The number of hydrogen-bond donors (Lipinski definition) is 2. The van der Waals surface area contributed by atoms with E-state index >= 15 is 0 Å². The predicted molar refractivity (Wildman–Crippen MR) is 85.7 cm³/mol. The van der Waals surface area contributed by atoms with E-state index in [4.69, 9.17) is 28.9 Å². The molecule has 1 aromatic rings. The number of nitrogens with zero attached hydrogens (tertiary/aromatic N) is 1. The Balaban J connectivity index is 2.91. The van der Waals surface area contributed by atoms with Crippen LogP contribution in [0.1, 0.15) is 31.1 Å². The molecule has 0 bridgehead atoms. The second-order valence-corrected chi connectivity index (χ2v) is 5.69. The van der Waals surface area contributed by atoms with Crippen LogP contribution < -0.4 is 11.1 Å². The summed E-state index contributed by atoms with van der Waals surface area (Å²) >= 11 is 11.8. The van der Waals surface area contributed by atoms with Gasteiger partial charge >= 0.3 is 0 Å². The van der Waals surface area contributed by atoms with Crippen LogP contribution in [0.3, 0.4) is 0 Å². The van der Waals surface area contributed by atoms with Crippen molar-refractivity contribution >= 4 is 40.7 Å². The van der Waals surface area contributed by atoms with Crippen LogP contribution in [0.5, 0.6) is 0 Å². The molecule has 0 spiro atoms. The van der Waals surface area contributed by atoms with Gasteiger partial charge in [-0.05, 0) is 32.9 Å². The molecule has 0 unspecified atom stereocenters. The number of benzene rings is 1. The van der Waals surface area contributed by atoms with E-state index in [1.807, 2.05) is 13.8 Å². The van der Waals surface area contributed by atoms with Crippen molar-refractivity contribution in [3.05, 3.63) is 27.7 Å². The van der Waals surface area contributed by atoms with Crippen molar-refractivity contribution in [1.82, 2.24) is 10.2 Å². The van der Waals surface area contributed by atoms with Crippen molar-refractivity contribution in [3.8, 4) is 0 Å². The maximum absolute atomic E-state index is 12.4. The SMILES string of the molecule is CCN(CC(=O)NC(C)C)C(=O)c1cc(N)c(Cl)c(Cl)c1. The van der Waals surface area contributed by atoms with Gasteiger partial charge in [0.25, 0.3) is 5.91 Å². The molecule has 116 valence electrons. The number of nitrogens with two attached hydrogens (primary N) is 1. The molecule has 0 aliphatic rings. The lowest BCUT2D eigenvalue weighted by Crippen LogP contribution is -2.42. The normalized spacial score (nSPS) is 10.6. The number of likely N-dealkylation sites (N-methyl/N-ethyl adjacent to an activating group) is 1. The highest BCUT2D eigenvalue weighted by Crippen LogP contribution is 2.29. The van der Waals surface area contributed by atoms with Gasteiger partial charge in [0.15, 0.2) is 0 Å². The van der Waals surface area contributed by atoms with Gasteiger partial charge in [-0.15, -0.1) is 0 Å². The van der Waals surface area contributed by atoms with E-state index in [-0.39, 0.29) is 40.1 Å². The maximum Gasteiger partial charge on any atom is 0.254 e. The number of nitrogen functional groups attached to an aromatic ring is 1. The van der Waals surface area contributed by atoms with E-state index in [1.165, 1.54) is 17.0 Å². The van der Waals surface area contributed by atoms with Crippen LogP contribution in [-0.2, 0) is 4.79 Å². The highest BCUT2D eigenvalue weighted by atomic mass is 35.5. The third kappa shape index (κ3) is 4.79. The number of hydrogen-bond acceptors (Lipinski definition) is 3. The Bertz CT molecular complexity index is 524. The molecule has 1 rings (SSSR count). The Kier molecular flexibility index (Phi) is 6.30. The fourth-order valence-electron chi connectivity index (χ4n) is 1.78. The van der Waals surface area contributed by atoms with Crippen molar-refractivity contribution in [2.75, 3.05) is 18.8 Å². The zero-order valence-electron chi connectivity index (χ0n) is 12.2. The molecule has 5 nitrogen and oxygen atoms in total. The summed E-state index contributed by atoms with van der Waals surface area (Å²) in [5, 5.41) is 3.17. The Hall–Kier alpha value is -1.46. The van der Waals surface area contributed by atoms with E-state index < -0.39 is 0 Å². The summed E-state index contributed by atoms with van der Waals surface area (Å²) in [4.78, 5) is 25.6. The second kappa shape index (κ2) is 7.52. The van der Waals surface area contributed by atoms with Crippen molar-refractivity contribution in [2.24, 2.45) is 0 Å². The fourth-order valence-corrected chi connectivity index (χ4v) is 2.12. The van der Waals surface area contributed by atoms with Crippen LogP contribution in [-0.4, -0.2) is 35.8 Å². The third-order valence-electron chi connectivity index (χ3n) is 2.76. The zero-order valence-corrected chi connectivity index (χ0v) is 13.8. The number of rotatable bonds is 5. The van der Waals surface area contributed by atoms with Crippen LogP contribution in [0.25, 0.3) is 0 Å². The van der Waals surface area contributed by atoms with E-state index in [2.05, 4.69) is 5.32 Å². The number of anilines is 1. The van der Waals surface area contributed by atoms with Crippen molar-refractivity contribution in [2.45, 2.75) is 26.8 Å². The predicted octanol–water partition coefficient (Wildman–Crippen LogP) is 2.56. The van der Waals surface area contributed by atoms with Gasteiger partial charge in [-0.2, -0.15) is 0 Å². The molecular formula is C14H19Cl2N3O2. The minimum atomic E-state index is -0.318. The smallest absolute Gasteiger partial charge is 0.254 e. The van der Waals surface area contributed by atoms with Crippen LogP contribution in [0.4, 0.5) is 5.69 Å². The number of nitrogens with one attached hydrogen (secondary N) is 1. The molecule has 0 aliphatic carbocycles. The average Bonchev–Trinajstić information content (AvgIpc) is 2.40. The summed E-state index contributed by atoms with van der Waals surface area (Å²) in [6.07, 6.45) is 0. The van der Waals surface area contributed by atoms with Gasteiger partial charge in [-0.25, -0.2) is 0 Å². The van der Waals surface area contributed by atoms with Crippen LogP contribution in [0.15, 0.2) is 12.1 Å². The molecule has 0 radical (unpaired) electrons. The molecule has 2 amide bonds. The van der Waals surface area contributed by atoms with E-state index in [0.29, 0.717) is 12.1 Å². The van der Waals surface area contributed by atoms with E-state index in [9.17, 15) is 9.59 Å². The highest BCUT2D eigenvalue weighted by Gasteiger charge is 2.19. The number of carbonyl (C=O) groups is 2. The molecule has 3 N–H and O–H groups in total. The molecule has 1 aromatic carbocycles. The quantitative estimate of drug-likeness (QED) is 0.814. The number of halogens is 2. The van der Waals surface area contributed by atoms with Gasteiger partial charge in [0.2, 0.25) is 5.91 Å². The monoisotopic (exact) mass is 331 g/mol. The second-order valence-electron chi connectivity index (χ2n) is 4.90. The van der Waals surface area contributed by atoms with Crippen LogP contribution >= 0.6 is 23.2 Å². The van der Waals surface area contributed by atoms with E-state index in [0.717, 1.165) is 0 Å². The van der Waals surface area contributed by atoms with Crippen molar-refractivity contribution < 1.29 is 9.59 Å². The molecule has 0 aliphatic heterocycles. The van der Waals surface area contributed by atoms with Crippen molar-refractivity contribution in [3.63, 3.8) is 0 Å². The van der Waals surface area contributed by atoms with Crippen LogP contribution in [0.2, 0.25) is 10.0 Å². The summed E-state index contributed by atoms with van der Waals surface area (Å²) in [6, 6.07) is 2.93. The lowest BCUT2D eigenvalue weighted by Gasteiger charge is -2.21. The Labute approximate surface area is 134 Å². The first-order valence-corrected chi connectivity index (χ1v) is 7.35. The average molecular weight is 332 g/mol. The summed E-state index contributed by atoms with van der Waals surface area (Å²) < 4.78 is 0. The van der Waals surface area contributed by atoms with Crippen molar-refractivity contribution in [1.29, 1.82) is 0 Å². The van der Waals surface area contributed by atoms with Gasteiger partial charge in [0, 0.05) is 18.2 Å². The largest absolute Gasteiger partial charge is 0.397 e. The molecule has 0 saturated carbocycles. The molecule has 21 heavy (non-hydrogen) atoms. The van der Waals surface area contributed by atoms with Gasteiger partial charge in [0.1, 0.15) is 0 Å². The number of carbonyl (C=O) groups excluding carboxylic acids is 2. The van der Waals surface area contributed by atoms with Gasteiger partial charge in [-0.1, -0.05) is 23.2 Å². The third-order valence-corrected chi connectivity index (χ3v) is 3.57. The van der Waals surface area contributed by atoms with Gasteiger partial charge < -0.3 is 16.0 Å². The Morgan fingerprint density at radius 3 is 2.43 bits per heavy atom. The minimum absolute atomic E-state index is 0.0202. The number of amides is 2. The molecule has 7 heteroatoms. The standard InChI is InChI=1S/C14H19Cl2N3O2/c1-4-19(7-12(20)18-8(2)3)14(21)9-5-10(15)13(16)11(17)6-9/h5-6,8H,4,7,17H2,1-3H3,(H,18,20). The maximum atomic E-state index is 12.4. The molecule has 0 fully saturated rings. The summed E-state index contributed by atoms with van der Waals surface area (Å²) in [5.74, 6) is -0.532. The minimum Gasteiger partial charge on any atom is -0.397 e. The fraction of sp³-hybridized carbons (Fsp3) is 0.429. The molecule has 0 atom stereocenters. The van der Waals surface area contributed by atoms with Gasteiger partial charge in [0.05, 0.1) is 22.3 Å². The summed E-state index contributed by atoms with van der Waals surface area (Å²) in [7, 11) is 0.